The molecule has 0 fully saturated rings. The van der Waals surface area contributed by atoms with Crippen molar-refractivity contribution in [2.24, 2.45) is 0 Å². The molecule has 46 heavy (non-hydrogen) atoms. The van der Waals surface area contributed by atoms with E-state index in [1.807, 2.05) is 24.3 Å². The maximum absolute atomic E-state index is 12.1. The average molecular weight is 650 g/mol. The number of carboxylic acids is 2. The molecule has 0 radical (unpaired) electrons. The number of aromatic carboxylic acids is 2. The molecule has 0 saturated heterocycles. The Morgan fingerprint density at radius 2 is 1.41 bits per heavy atom. The molecule has 0 aliphatic rings. The van der Waals surface area contributed by atoms with E-state index in [1.54, 1.807) is 28.9 Å². The van der Waals surface area contributed by atoms with Crippen LogP contribution >= 0.6 is 22.7 Å². The average Bonchev–Trinajstić information content (AvgIpc) is 3.83. The van der Waals surface area contributed by atoms with Crippen LogP contribution in [0.3, 0.4) is 0 Å². The fourth-order valence-corrected chi connectivity index (χ4v) is 7.21. The summed E-state index contributed by atoms with van der Waals surface area (Å²) in [5.74, 6) is -0.551. The van der Waals surface area contributed by atoms with Crippen molar-refractivity contribution < 1.29 is 24.2 Å². The van der Waals surface area contributed by atoms with Gasteiger partial charge in [-0.3, -0.25) is 9.97 Å². The number of aryl methyl sites for hydroxylation is 2. The second-order valence-electron chi connectivity index (χ2n) is 10.9. The third kappa shape index (κ3) is 6.83. The summed E-state index contributed by atoms with van der Waals surface area (Å²) in [4.78, 5) is 41.5. The molecule has 6 aromatic rings. The SMILES string of the molecule is CCCCCCc1cc(-c2ccnc(-c3cc(C(=O)O)cc(-c4cc(C(=O)O)ccn4)n3)c2)sc1-c1ccc(-c2ccc(C)s2)o1. The van der Waals surface area contributed by atoms with Crippen molar-refractivity contribution in [2.75, 3.05) is 0 Å². The van der Waals surface area contributed by atoms with Crippen molar-refractivity contribution >= 4 is 34.6 Å². The summed E-state index contributed by atoms with van der Waals surface area (Å²) in [5.41, 5.74) is 3.52. The van der Waals surface area contributed by atoms with E-state index in [-0.39, 0.29) is 22.5 Å². The summed E-state index contributed by atoms with van der Waals surface area (Å²) in [5, 5.41) is 19.3. The number of carbonyl (C=O) groups is 2. The summed E-state index contributed by atoms with van der Waals surface area (Å²) in [7, 11) is 0. The molecule has 0 spiro atoms. The maximum atomic E-state index is 12.1. The fraction of sp³-hybridized carbons (Fsp3) is 0.194. The summed E-state index contributed by atoms with van der Waals surface area (Å²) in [6.07, 6.45) is 8.61. The molecule has 2 N–H and O–H groups in total. The molecular formula is C36H31N3O5S2. The third-order valence-electron chi connectivity index (χ3n) is 7.57. The first kappa shape index (κ1) is 31.1. The lowest BCUT2D eigenvalue weighted by atomic mass is 10.0. The second kappa shape index (κ2) is 13.6. The van der Waals surface area contributed by atoms with Crippen LogP contribution in [0.4, 0.5) is 0 Å². The Labute approximate surface area is 274 Å². The zero-order valence-corrected chi connectivity index (χ0v) is 27.0. The van der Waals surface area contributed by atoms with Crippen molar-refractivity contribution in [3.63, 3.8) is 0 Å². The number of unbranched alkanes of at least 4 members (excludes halogenated alkanes) is 3. The highest BCUT2D eigenvalue weighted by atomic mass is 32.1. The molecule has 0 saturated carbocycles. The Bertz CT molecular complexity index is 2040. The van der Waals surface area contributed by atoms with Gasteiger partial charge in [-0.25, -0.2) is 14.6 Å². The minimum Gasteiger partial charge on any atom is -0.478 e. The quantitative estimate of drug-likeness (QED) is 0.125. The Kier molecular flexibility index (Phi) is 9.18. The van der Waals surface area contributed by atoms with Gasteiger partial charge in [0.25, 0.3) is 0 Å². The molecule has 0 bridgehead atoms. The van der Waals surface area contributed by atoms with Gasteiger partial charge in [-0.05, 0) is 97.6 Å². The van der Waals surface area contributed by atoms with Gasteiger partial charge in [0.2, 0.25) is 0 Å². The highest BCUT2D eigenvalue weighted by Crippen LogP contribution is 2.42. The van der Waals surface area contributed by atoms with Gasteiger partial charge >= 0.3 is 11.9 Å². The van der Waals surface area contributed by atoms with Crippen LogP contribution < -0.4 is 0 Å². The number of pyridine rings is 3. The van der Waals surface area contributed by atoms with Gasteiger partial charge in [0.1, 0.15) is 11.5 Å². The molecular weight excluding hydrogens is 619 g/mol. The van der Waals surface area contributed by atoms with Crippen LogP contribution in [0.25, 0.3) is 54.5 Å². The lowest BCUT2D eigenvalue weighted by Crippen LogP contribution is -2.02. The molecule has 0 unspecified atom stereocenters. The predicted octanol–water partition coefficient (Wildman–Crippen LogP) is 9.75. The highest BCUT2D eigenvalue weighted by Gasteiger charge is 2.19. The first-order valence-corrected chi connectivity index (χ1v) is 16.6. The molecule has 0 amide bonds. The van der Waals surface area contributed by atoms with Gasteiger partial charge < -0.3 is 14.6 Å². The van der Waals surface area contributed by atoms with Crippen LogP contribution in [0.15, 0.2) is 83.5 Å². The van der Waals surface area contributed by atoms with Crippen LogP contribution in [-0.2, 0) is 6.42 Å². The summed E-state index contributed by atoms with van der Waals surface area (Å²) in [6.45, 7) is 4.29. The van der Waals surface area contributed by atoms with E-state index in [1.165, 1.54) is 53.7 Å². The standard InChI is InChI=1S/C36H31N3O5S2/c1-3-4-5-6-7-23-20-33(46-34(23)31-10-9-30(44-31)32-11-8-21(2)45-32)22-12-14-37-26(16-22)28-18-25(36(42)43)19-29(39-28)27-17-24(35(40)41)13-15-38-27/h8-20H,3-7H2,1-2H3,(H,40,41)(H,42,43). The van der Waals surface area contributed by atoms with Crippen LogP contribution in [0.2, 0.25) is 0 Å². The van der Waals surface area contributed by atoms with E-state index < -0.39 is 11.9 Å². The van der Waals surface area contributed by atoms with Crippen molar-refractivity contribution in [1.82, 2.24) is 15.0 Å². The van der Waals surface area contributed by atoms with Gasteiger partial charge in [-0.1, -0.05) is 26.2 Å². The predicted molar refractivity (Wildman–Crippen MR) is 182 cm³/mol. The van der Waals surface area contributed by atoms with Crippen LogP contribution in [0.5, 0.6) is 0 Å². The van der Waals surface area contributed by atoms with E-state index in [2.05, 4.69) is 47.0 Å². The van der Waals surface area contributed by atoms with E-state index in [9.17, 15) is 19.8 Å². The smallest absolute Gasteiger partial charge is 0.335 e. The first-order valence-electron chi connectivity index (χ1n) is 15.0. The molecule has 6 heterocycles. The zero-order chi connectivity index (χ0) is 32.2. The van der Waals surface area contributed by atoms with E-state index in [4.69, 9.17) is 4.42 Å². The molecule has 232 valence electrons. The van der Waals surface area contributed by atoms with Gasteiger partial charge in [0.05, 0.1) is 43.7 Å². The number of nitrogens with zero attached hydrogens (tertiary/aromatic N) is 3. The Balaban J connectivity index is 1.38. The topological polar surface area (TPSA) is 126 Å². The molecule has 10 heteroatoms. The fourth-order valence-electron chi connectivity index (χ4n) is 5.21. The van der Waals surface area contributed by atoms with Gasteiger partial charge in [-0.15, -0.1) is 22.7 Å². The molecule has 0 aromatic carbocycles. The van der Waals surface area contributed by atoms with Crippen molar-refractivity contribution in [3.05, 3.63) is 101 Å². The van der Waals surface area contributed by atoms with Gasteiger partial charge in [-0.2, -0.15) is 0 Å². The van der Waals surface area contributed by atoms with Crippen LogP contribution in [0, 0.1) is 6.92 Å². The minimum absolute atomic E-state index is 0.00272. The Morgan fingerprint density at radius 3 is 2.11 bits per heavy atom. The Hall–Kier alpha value is -4.93. The van der Waals surface area contributed by atoms with Gasteiger partial charge in [0.15, 0.2) is 0 Å². The van der Waals surface area contributed by atoms with Crippen molar-refractivity contribution in [1.29, 1.82) is 0 Å². The van der Waals surface area contributed by atoms with E-state index >= 15 is 0 Å². The highest BCUT2D eigenvalue weighted by molar-refractivity contribution is 7.19. The molecule has 0 aliphatic heterocycles. The third-order valence-corrected chi connectivity index (χ3v) is 9.83. The number of carboxylic acid groups (broad SMARTS) is 2. The number of rotatable bonds is 12. The molecule has 6 aromatic heterocycles. The number of furan rings is 1. The lowest BCUT2D eigenvalue weighted by molar-refractivity contribution is 0.0686. The van der Waals surface area contributed by atoms with Crippen LogP contribution in [0.1, 0.15) is 63.8 Å². The van der Waals surface area contributed by atoms with Crippen molar-refractivity contribution in [3.8, 4) is 54.5 Å². The number of hydrogen-bond donors (Lipinski definition) is 2. The summed E-state index contributed by atoms with van der Waals surface area (Å²) < 4.78 is 6.39. The molecule has 6 rings (SSSR count). The zero-order valence-electron chi connectivity index (χ0n) is 25.3. The summed E-state index contributed by atoms with van der Waals surface area (Å²) in [6, 6.07) is 19.9. The number of thiophene rings is 2. The van der Waals surface area contributed by atoms with E-state index in [0.717, 1.165) is 51.0 Å². The molecule has 0 aliphatic carbocycles. The maximum Gasteiger partial charge on any atom is 0.335 e. The van der Waals surface area contributed by atoms with Crippen LogP contribution in [-0.4, -0.2) is 37.1 Å². The monoisotopic (exact) mass is 649 g/mol. The van der Waals surface area contributed by atoms with Crippen molar-refractivity contribution in [2.45, 2.75) is 46.0 Å². The molecule has 8 nitrogen and oxygen atoms in total. The lowest BCUT2D eigenvalue weighted by Gasteiger charge is -2.08. The Morgan fingerprint density at radius 1 is 0.717 bits per heavy atom. The first-order chi connectivity index (χ1) is 22.3. The van der Waals surface area contributed by atoms with Gasteiger partial charge in [0, 0.05) is 22.1 Å². The summed E-state index contributed by atoms with van der Waals surface area (Å²) >= 11 is 3.37. The molecule has 0 atom stereocenters. The normalized spacial score (nSPS) is 11.2. The number of aromatic nitrogens is 3. The van der Waals surface area contributed by atoms with E-state index in [0.29, 0.717) is 11.4 Å². The number of hydrogen-bond acceptors (Lipinski definition) is 8. The largest absolute Gasteiger partial charge is 0.478 e. The second-order valence-corrected chi connectivity index (χ2v) is 13.3. The minimum atomic E-state index is -1.14.